The predicted molar refractivity (Wildman–Crippen MR) is 47.3 cm³/mol. The van der Waals surface area contributed by atoms with Crippen LogP contribution >= 0.6 is 0 Å². The summed E-state index contributed by atoms with van der Waals surface area (Å²) in [4.78, 5) is 0. The Bertz CT molecular complexity index is 271. The summed E-state index contributed by atoms with van der Waals surface area (Å²) in [7, 11) is 1.56. The van der Waals surface area contributed by atoms with Gasteiger partial charge in [-0.15, -0.1) is 0 Å². The van der Waals surface area contributed by atoms with Gasteiger partial charge in [-0.05, 0) is 13.0 Å². The Hall–Kier alpha value is -1.22. The van der Waals surface area contributed by atoms with Crippen molar-refractivity contribution < 1.29 is 9.84 Å². The van der Waals surface area contributed by atoms with E-state index in [4.69, 9.17) is 15.6 Å². The van der Waals surface area contributed by atoms with Crippen molar-refractivity contribution in [3.8, 4) is 11.5 Å². The molecule has 0 aromatic heterocycles. The lowest BCUT2D eigenvalue weighted by atomic mass is 10.1. The van der Waals surface area contributed by atoms with Gasteiger partial charge < -0.3 is 15.6 Å². The highest BCUT2D eigenvalue weighted by Crippen LogP contribution is 2.27. The van der Waals surface area contributed by atoms with E-state index in [1.165, 1.54) is 0 Å². The van der Waals surface area contributed by atoms with Gasteiger partial charge in [0.15, 0.2) is 0 Å². The Morgan fingerprint density at radius 2 is 2.17 bits per heavy atom. The van der Waals surface area contributed by atoms with Crippen LogP contribution in [0.2, 0.25) is 0 Å². The van der Waals surface area contributed by atoms with Crippen LogP contribution in [0.5, 0.6) is 11.5 Å². The van der Waals surface area contributed by atoms with Crippen molar-refractivity contribution in [1.29, 1.82) is 0 Å². The second kappa shape index (κ2) is 3.45. The van der Waals surface area contributed by atoms with Crippen LogP contribution < -0.4 is 10.5 Å². The molecule has 0 saturated carbocycles. The lowest BCUT2D eigenvalue weighted by molar-refractivity contribution is 0.400. The third-order valence-corrected chi connectivity index (χ3v) is 1.71. The maximum Gasteiger partial charge on any atom is 0.127 e. The highest BCUT2D eigenvalue weighted by Gasteiger charge is 2.07. The van der Waals surface area contributed by atoms with Gasteiger partial charge >= 0.3 is 0 Å². The van der Waals surface area contributed by atoms with Crippen molar-refractivity contribution in [3.05, 3.63) is 23.8 Å². The number of benzene rings is 1. The van der Waals surface area contributed by atoms with E-state index in [1.54, 1.807) is 25.3 Å². The number of nitrogens with two attached hydrogens (primary N) is 1. The number of hydrogen-bond donors (Lipinski definition) is 2. The number of phenols is 1. The summed E-state index contributed by atoms with van der Waals surface area (Å²) >= 11 is 0. The minimum absolute atomic E-state index is 0.0828. The van der Waals surface area contributed by atoms with Gasteiger partial charge in [0, 0.05) is 17.7 Å². The number of methoxy groups -OCH3 is 1. The molecule has 66 valence electrons. The molecule has 0 aliphatic carbocycles. The fourth-order valence-corrected chi connectivity index (χ4v) is 1.08. The van der Waals surface area contributed by atoms with Crippen LogP contribution in [0.3, 0.4) is 0 Å². The number of rotatable bonds is 2. The number of ether oxygens (including phenoxy) is 1. The Labute approximate surface area is 71.8 Å². The molecule has 0 aliphatic heterocycles. The van der Waals surface area contributed by atoms with Gasteiger partial charge in [-0.25, -0.2) is 0 Å². The molecular weight excluding hydrogens is 154 g/mol. The fourth-order valence-electron chi connectivity index (χ4n) is 1.08. The van der Waals surface area contributed by atoms with Gasteiger partial charge in [0.05, 0.1) is 7.11 Å². The van der Waals surface area contributed by atoms with E-state index in [0.717, 1.165) is 5.56 Å². The molecule has 0 fully saturated rings. The molecule has 1 rings (SSSR count). The second-order valence-corrected chi connectivity index (χ2v) is 2.71. The molecule has 3 nitrogen and oxygen atoms in total. The van der Waals surface area contributed by atoms with Gasteiger partial charge in [0.2, 0.25) is 0 Å². The summed E-state index contributed by atoms with van der Waals surface area (Å²) in [5.41, 5.74) is 6.58. The lowest BCUT2D eigenvalue weighted by Gasteiger charge is -2.11. The highest BCUT2D eigenvalue weighted by molar-refractivity contribution is 5.41. The van der Waals surface area contributed by atoms with Crippen LogP contribution in [-0.2, 0) is 0 Å². The Morgan fingerprint density at radius 3 is 2.67 bits per heavy atom. The summed E-state index contributed by atoms with van der Waals surface area (Å²) in [6.45, 7) is 1.87. The Balaban J connectivity index is 3.11. The molecule has 1 atom stereocenters. The monoisotopic (exact) mass is 167 g/mol. The third-order valence-electron chi connectivity index (χ3n) is 1.71. The Kier molecular flexibility index (Phi) is 2.55. The third kappa shape index (κ3) is 1.68. The zero-order valence-corrected chi connectivity index (χ0v) is 7.24. The van der Waals surface area contributed by atoms with Crippen molar-refractivity contribution in [2.24, 2.45) is 5.73 Å². The maximum atomic E-state index is 9.13. The van der Waals surface area contributed by atoms with Crippen LogP contribution in [0.4, 0.5) is 0 Å². The van der Waals surface area contributed by atoms with E-state index in [1.807, 2.05) is 6.92 Å². The van der Waals surface area contributed by atoms with E-state index < -0.39 is 0 Å². The minimum Gasteiger partial charge on any atom is -0.508 e. The average molecular weight is 167 g/mol. The maximum absolute atomic E-state index is 9.13. The molecule has 0 heterocycles. The Morgan fingerprint density at radius 1 is 1.50 bits per heavy atom. The van der Waals surface area contributed by atoms with Crippen LogP contribution in [0.15, 0.2) is 18.2 Å². The average Bonchev–Trinajstić information content (AvgIpc) is 2.03. The van der Waals surface area contributed by atoms with Crippen LogP contribution in [0, 0.1) is 0 Å². The van der Waals surface area contributed by atoms with E-state index in [2.05, 4.69) is 0 Å². The van der Waals surface area contributed by atoms with Gasteiger partial charge in [0.25, 0.3) is 0 Å². The molecule has 0 bridgehead atoms. The largest absolute Gasteiger partial charge is 0.508 e. The van der Waals surface area contributed by atoms with Crippen molar-refractivity contribution >= 4 is 0 Å². The first-order valence-corrected chi connectivity index (χ1v) is 3.77. The molecule has 0 saturated heterocycles. The molecule has 1 unspecified atom stereocenters. The molecular formula is C9H13NO2. The minimum atomic E-state index is -0.0828. The highest BCUT2D eigenvalue weighted by atomic mass is 16.5. The molecule has 3 heteroatoms. The molecule has 0 radical (unpaired) electrons. The van der Waals surface area contributed by atoms with Gasteiger partial charge in [0.1, 0.15) is 11.5 Å². The van der Waals surface area contributed by atoms with Crippen LogP contribution in [0.25, 0.3) is 0 Å². The van der Waals surface area contributed by atoms with E-state index in [9.17, 15) is 0 Å². The summed E-state index contributed by atoms with van der Waals surface area (Å²) in [6, 6.07) is 4.83. The van der Waals surface area contributed by atoms with E-state index in [0.29, 0.717) is 5.75 Å². The molecule has 3 N–H and O–H groups in total. The first-order valence-electron chi connectivity index (χ1n) is 3.77. The summed E-state index contributed by atoms with van der Waals surface area (Å²) in [5.74, 6) is 0.821. The van der Waals surface area contributed by atoms with Crippen molar-refractivity contribution in [1.82, 2.24) is 0 Å². The summed E-state index contributed by atoms with van der Waals surface area (Å²) < 4.78 is 5.05. The molecule has 0 spiro atoms. The van der Waals surface area contributed by atoms with Crippen LogP contribution in [0.1, 0.15) is 18.5 Å². The number of hydrogen-bond acceptors (Lipinski definition) is 3. The fraction of sp³-hybridized carbons (Fsp3) is 0.333. The first kappa shape index (κ1) is 8.87. The smallest absolute Gasteiger partial charge is 0.127 e. The van der Waals surface area contributed by atoms with Crippen LogP contribution in [-0.4, -0.2) is 12.2 Å². The SMILES string of the molecule is COc1cc(O)ccc1C(C)N. The molecule has 1 aromatic rings. The lowest BCUT2D eigenvalue weighted by Crippen LogP contribution is -2.06. The van der Waals surface area contributed by atoms with Crippen molar-refractivity contribution in [3.63, 3.8) is 0 Å². The summed E-state index contributed by atoms with van der Waals surface area (Å²) in [5, 5.41) is 9.13. The molecule has 0 amide bonds. The van der Waals surface area contributed by atoms with E-state index in [-0.39, 0.29) is 11.8 Å². The van der Waals surface area contributed by atoms with Gasteiger partial charge in [-0.2, -0.15) is 0 Å². The summed E-state index contributed by atoms with van der Waals surface area (Å²) in [6.07, 6.45) is 0. The first-order chi connectivity index (χ1) is 5.65. The number of aromatic hydroxyl groups is 1. The number of phenolic OH excluding ortho intramolecular Hbond substituents is 1. The van der Waals surface area contributed by atoms with Crippen molar-refractivity contribution in [2.45, 2.75) is 13.0 Å². The van der Waals surface area contributed by atoms with Gasteiger partial charge in [-0.1, -0.05) is 6.07 Å². The molecule has 12 heavy (non-hydrogen) atoms. The zero-order chi connectivity index (χ0) is 9.14. The quantitative estimate of drug-likeness (QED) is 0.700. The van der Waals surface area contributed by atoms with Crippen molar-refractivity contribution in [2.75, 3.05) is 7.11 Å². The predicted octanol–water partition coefficient (Wildman–Crippen LogP) is 1.42. The standard InChI is InChI=1S/C9H13NO2/c1-6(10)8-4-3-7(11)5-9(8)12-2/h3-6,11H,10H2,1-2H3. The van der Waals surface area contributed by atoms with E-state index >= 15 is 0 Å². The van der Waals surface area contributed by atoms with Gasteiger partial charge in [-0.3, -0.25) is 0 Å². The molecule has 0 aliphatic rings. The second-order valence-electron chi connectivity index (χ2n) is 2.71. The molecule has 1 aromatic carbocycles. The topological polar surface area (TPSA) is 55.5 Å². The zero-order valence-electron chi connectivity index (χ0n) is 7.24. The normalized spacial score (nSPS) is 12.6.